The summed E-state index contributed by atoms with van der Waals surface area (Å²) in [5, 5.41) is 8.92. The molecule has 6 heteroatoms. The molecule has 94 valence electrons. The molecule has 0 bridgehead atoms. The number of thiazole rings is 1. The Hall–Kier alpha value is -1.59. The van der Waals surface area contributed by atoms with Crippen molar-refractivity contribution < 1.29 is 4.79 Å². The van der Waals surface area contributed by atoms with Gasteiger partial charge in [0.05, 0.1) is 6.54 Å². The van der Waals surface area contributed by atoms with Gasteiger partial charge in [0.25, 0.3) is 0 Å². The number of aryl methyl sites for hydroxylation is 1. The molecule has 0 spiro atoms. The minimum Gasteiger partial charge on any atom is -0.352 e. The number of nitrogens with zero attached hydrogens (tertiary/aromatic N) is 1. The van der Waals surface area contributed by atoms with Crippen LogP contribution in [0.15, 0.2) is 29.8 Å². The number of amides is 1. The molecule has 1 amide bonds. The number of hydrogen-bond donors (Lipinski definition) is 2. The molecule has 0 aliphatic carbocycles. The predicted octanol–water partition coefficient (Wildman–Crippen LogP) is 3.16. The Bertz CT molecular complexity index is 542. The van der Waals surface area contributed by atoms with Crippen LogP contribution in [0.4, 0.5) is 10.8 Å². The van der Waals surface area contributed by atoms with E-state index in [4.69, 9.17) is 11.6 Å². The van der Waals surface area contributed by atoms with E-state index in [2.05, 4.69) is 15.6 Å². The van der Waals surface area contributed by atoms with Gasteiger partial charge in [-0.2, -0.15) is 0 Å². The van der Waals surface area contributed by atoms with E-state index < -0.39 is 0 Å². The number of hydrogen-bond acceptors (Lipinski definition) is 4. The van der Waals surface area contributed by atoms with Gasteiger partial charge in [0.15, 0.2) is 5.13 Å². The summed E-state index contributed by atoms with van der Waals surface area (Å²) in [6.45, 7) is 2.10. The third kappa shape index (κ3) is 3.45. The van der Waals surface area contributed by atoms with Crippen molar-refractivity contribution in [1.82, 2.24) is 4.98 Å². The van der Waals surface area contributed by atoms with E-state index in [1.165, 1.54) is 11.3 Å². The summed E-state index contributed by atoms with van der Waals surface area (Å²) in [4.78, 5) is 15.8. The van der Waals surface area contributed by atoms with Crippen LogP contribution in [-0.4, -0.2) is 17.4 Å². The topological polar surface area (TPSA) is 54.0 Å². The second-order valence-corrected chi connectivity index (χ2v) is 5.03. The molecule has 0 saturated carbocycles. The molecule has 0 saturated heterocycles. The van der Waals surface area contributed by atoms with Gasteiger partial charge in [-0.1, -0.05) is 17.7 Å². The van der Waals surface area contributed by atoms with Crippen molar-refractivity contribution in [3.63, 3.8) is 0 Å². The van der Waals surface area contributed by atoms with Crippen LogP contribution in [0, 0.1) is 6.92 Å². The second kappa shape index (κ2) is 5.84. The Balaban J connectivity index is 1.92. The van der Waals surface area contributed by atoms with Crippen molar-refractivity contribution in [3.8, 4) is 0 Å². The van der Waals surface area contributed by atoms with Crippen LogP contribution in [0.2, 0.25) is 5.02 Å². The minimum atomic E-state index is -0.129. The first-order chi connectivity index (χ1) is 8.65. The van der Waals surface area contributed by atoms with E-state index in [0.717, 1.165) is 16.4 Å². The number of rotatable bonds is 4. The van der Waals surface area contributed by atoms with Gasteiger partial charge < -0.3 is 10.6 Å². The number of halogens is 1. The molecule has 1 aromatic carbocycles. The SMILES string of the molecule is Cc1ccc(Cl)cc1NC(=O)CNc1nccs1. The molecular formula is C12H12ClN3OS. The smallest absolute Gasteiger partial charge is 0.243 e. The van der Waals surface area contributed by atoms with E-state index in [1.54, 1.807) is 18.3 Å². The molecule has 1 aromatic heterocycles. The monoisotopic (exact) mass is 281 g/mol. The van der Waals surface area contributed by atoms with Gasteiger partial charge in [-0.05, 0) is 24.6 Å². The Labute approximate surface area is 114 Å². The normalized spacial score (nSPS) is 10.1. The summed E-state index contributed by atoms with van der Waals surface area (Å²) in [6, 6.07) is 5.39. The molecule has 0 radical (unpaired) electrons. The zero-order valence-electron chi connectivity index (χ0n) is 9.74. The van der Waals surface area contributed by atoms with Crippen molar-refractivity contribution in [2.75, 3.05) is 17.2 Å². The predicted molar refractivity (Wildman–Crippen MR) is 75.4 cm³/mol. The maximum Gasteiger partial charge on any atom is 0.243 e. The molecule has 18 heavy (non-hydrogen) atoms. The average molecular weight is 282 g/mol. The maximum atomic E-state index is 11.7. The fraction of sp³-hybridized carbons (Fsp3) is 0.167. The number of aromatic nitrogens is 1. The lowest BCUT2D eigenvalue weighted by atomic mass is 10.2. The molecule has 2 N–H and O–H groups in total. The molecule has 0 fully saturated rings. The number of benzene rings is 1. The third-order valence-corrected chi connectivity index (χ3v) is 3.27. The van der Waals surface area contributed by atoms with E-state index in [-0.39, 0.29) is 12.5 Å². The summed E-state index contributed by atoms with van der Waals surface area (Å²) in [6.07, 6.45) is 1.69. The number of carbonyl (C=O) groups is 1. The van der Waals surface area contributed by atoms with Crippen LogP contribution in [0.3, 0.4) is 0 Å². The molecule has 4 nitrogen and oxygen atoms in total. The lowest BCUT2D eigenvalue weighted by Crippen LogP contribution is -2.22. The average Bonchev–Trinajstić information content (AvgIpc) is 2.84. The summed E-state index contributed by atoms with van der Waals surface area (Å²) < 4.78 is 0. The number of anilines is 2. The van der Waals surface area contributed by atoms with Gasteiger partial charge in [-0.25, -0.2) is 4.98 Å². The van der Waals surface area contributed by atoms with Crippen LogP contribution < -0.4 is 10.6 Å². The minimum absolute atomic E-state index is 0.129. The number of carbonyl (C=O) groups excluding carboxylic acids is 1. The van der Waals surface area contributed by atoms with E-state index in [1.807, 2.05) is 18.4 Å². The number of nitrogens with one attached hydrogen (secondary N) is 2. The fourth-order valence-electron chi connectivity index (χ4n) is 1.39. The van der Waals surface area contributed by atoms with Gasteiger partial charge >= 0.3 is 0 Å². The lowest BCUT2D eigenvalue weighted by Gasteiger charge is -2.09. The Morgan fingerprint density at radius 3 is 3.06 bits per heavy atom. The Morgan fingerprint density at radius 1 is 1.50 bits per heavy atom. The Kier molecular flexibility index (Phi) is 4.17. The summed E-state index contributed by atoms with van der Waals surface area (Å²) in [7, 11) is 0. The van der Waals surface area contributed by atoms with Crippen LogP contribution >= 0.6 is 22.9 Å². The molecule has 2 rings (SSSR count). The molecule has 0 unspecified atom stereocenters. The summed E-state index contributed by atoms with van der Waals surface area (Å²) in [5.74, 6) is -0.129. The van der Waals surface area contributed by atoms with Crippen molar-refractivity contribution in [2.45, 2.75) is 6.92 Å². The quantitative estimate of drug-likeness (QED) is 0.905. The highest BCUT2D eigenvalue weighted by Gasteiger charge is 2.05. The highest BCUT2D eigenvalue weighted by atomic mass is 35.5. The molecule has 0 aliphatic rings. The summed E-state index contributed by atoms with van der Waals surface area (Å²) >= 11 is 7.34. The molecule has 1 heterocycles. The van der Waals surface area contributed by atoms with Crippen LogP contribution in [0.1, 0.15) is 5.56 Å². The molecular weight excluding hydrogens is 270 g/mol. The van der Waals surface area contributed by atoms with Gasteiger partial charge in [-0.15, -0.1) is 11.3 Å². The third-order valence-electron chi connectivity index (χ3n) is 2.31. The van der Waals surface area contributed by atoms with E-state index >= 15 is 0 Å². The van der Waals surface area contributed by atoms with Crippen LogP contribution in [-0.2, 0) is 4.79 Å². The maximum absolute atomic E-state index is 11.7. The molecule has 0 atom stereocenters. The first kappa shape index (κ1) is 12.9. The van der Waals surface area contributed by atoms with Crippen molar-refractivity contribution in [3.05, 3.63) is 40.4 Å². The highest BCUT2D eigenvalue weighted by Crippen LogP contribution is 2.20. The summed E-state index contributed by atoms with van der Waals surface area (Å²) in [5.41, 5.74) is 1.70. The van der Waals surface area contributed by atoms with Gasteiger partial charge in [0.1, 0.15) is 0 Å². The Morgan fingerprint density at radius 2 is 2.33 bits per heavy atom. The molecule has 2 aromatic rings. The first-order valence-electron chi connectivity index (χ1n) is 5.34. The van der Waals surface area contributed by atoms with Crippen LogP contribution in [0.25, 0.3) is 0 Å². The zero-order valence-corrected chi connectivity index (χ0v) is 11.3. The second-order valence-electron chi connectivity index (χ2n) is 3.70. The zero-order chi connectivity index (χ0) is 13.0. The van der Waals surface area contributed by atoms with E-state index in [9.17, 15) is 4.79 Å². The standard InChI is InChI=1S/C12H12ClN3OS/c1-8-2-3-9(13)6-10(8)16-11(17)7-15-12-14-4-5-18-12/h2-6H,7H2,1H3,(H,14,15)(H,16,17). The van der Waals surface area contributed by atoms with Crippen molar-refractivity contribution >= 4 is 39.7 Å². The molecule has 0 aliphatic heterocycles. The van der Waals surface area contributed by atoms with E-state index in [0.29, 0.717) is 5.02 Å². The first-order valence-corrected chi connectivity index (χ1v) is 6.60. The van der Waals surface area contributed by atoms with Gasteiger partial charge in [-0.3, -0.25) is 4.79 Å². The highest BCUT2D eigenvalue weighted by molar-refractivity contribution is 7.13. The van der Waals surface area contributed by atoms with Crippen molar-refractivity contribution in [2.24, 2.45) is 0 Å². The largest absolute Gasteiger partial charge is 0.352 e. The lowest BCUT2D eigenvalue weighted by molar-refractivity contribution is -0.114. The van der Waals surface area contributed by atoms with Crippen LogP contribution in [0.5, 0.6) is 0 Å². The van der Waals surface area contributed by atoms with Gasteiger partial charge in [0, 0.05) is 22.3 Å². The van der Waals surface area contributed by atoms with Gasteiger partial charge in [0.2, 0.25) is 5.91 Å². The fourth-order valence-corrected chi connectivity index (χ4v) is 2.09. The van der Waals surface area contributed by atoms with Crippen molar-refractivity contribution in [1.29, 1.82) is 0 Å².